The first-order chi connectivity index (χ1) is 1.41. The van der Waals surface area contributed by atoms with Crippen molar-refractivity contribution >= 4 is 23.2 Å². The predicted octanol–water partition coefficient (Wildman–Crippen LogP) is -4.57. The van der Waals surface area contributed by atoms with Crippen LogP contribution in [0.15, 0.2) is 0 Å². The van der Waals surface area contributed by atoms with Gasteiger partial charge in [0, 0.05) is 0 Å². The van der Waals surface area contributed by atoms with Gasteiger partial charge in [0.1, 0.15) is 0 Å². The Morgan fingerprint density at radius 1 is 1.00 bits per heavy atom. The monoisotopic (exact) mass is 402 g/mol. The van der Waals surface area contributed by atoms with Gasteiger partial charge in [0.25, 0.3) is 0 Å². The van der Waals surface area contributed by atoms with Crippen molar-refractivity contribution in [2.45, 2.75) is 0 Å². The second-order valence-electron chi connectivity index (χ2n) is 0.101. The van der Waals surface area contributed by atoms with Crippen LogP contribution in [-0.4, -0.2) is 5.34 Å². The number of rotatable bonds is 0. The normalized spacial score (nSPS) is 3.00. The van der Waals surface area contributed by atoms with Gasteiger partial charge in [-0.25, -0.2) is 0 Å². The maximum Gasteiger partial charge on any atom is 2.00 e. The third kappa shape index (κ3) is 30.1. The molecule has 0 saturated carbocycles. The molecule has 36 valence electrons. The standard InChI is InChI=1S/CH2Cl2.2HI.Zn/c2-1-3;;;/h1H2;2*1H;/q;;;+2/p-2. The topological polar surface area (TPSA) is 0 Å². The van der Waals surface area contributed by atoms with Crippen molar-refractivity contribution in [2.24, 2.45) is 0 Å². The van der Waals surface area contributed by atoms with E-state index in [-0.39, 0.29) is 72.8 Å². The Morgan fingerprint density at radius 3 is 1.00 bits per heavy atom. The van der Waals surface area contributed by atoms with E-state index in [0.29, 0.717) is 0 Å². The van der Waals surface area contributed by atoms with Gasteiger partial charge in [0.05, 0.1) is 5.34 Å². The molecule has 0 N–H and O–H groups in total. The van der Waals surface area contributed by atoms with Crippen molar-refractivity contribution in [2.75, 3.05) is 5.34 Å². The molecule has 0 aromatic rings. The molecule has 0 nitrogen and oxygen atoms in total. The quantitative estimate of drug-likeness (QED) is 0.217. The Hall–Kier alpha value is 2.66. The Morgan fingerprint density at radius 2 is 1.00 bits per heavy atom. The molecule has 0 atom stereocenters. The van der Waals surface area contributed by atoms with Crippen LogP contribution in [0, 0.1) is 0 Å². The molecule has 0 fully saturated rings. The minimum absolute atomic E-state index is 0. The van der Waals surface area contributed by atoms with Crippen LogP contribution >= 0.6 is 23.2 Å². The number of alkyl halides is 2. The van der Waals surface area contributed by atoms with Crippen molar-refractivity contribution in [3.8, 4) is 0 Å². The van der Waals surface area contributed by atoms with E-state index in [4.69, 9.17) is 23.2 Å². The second kappa shape index (κ2) is 25.4. The summed E-state index contributed by atoms with van der Waals surface area (Å²) in [5.41, 5.74) is 0. The summed E-state index contributed by atoms with van der Waals surface area (Å²) in [5.74, 6) is 0. The third-order valence-corrected chi connectivity index (χ3v) is 0. The molecule has 0 aromatic heterocycles. The molecule has 0 bridgehead atoms. The summed E-state index contributed by atoms with van der Waals surface area (Å²) in [6.07, 6.45) is 0. The van der Waals surface area contributed by atoms with Crippen LogP contribution in [0.5, 0.6) is 0 Å². The van der Waals surface area contributed by atoms with Crippen LogP contribution in [0.3, 0.4) is 0 Å². The Labute approximate surface area is 94.5 Å². The maximum absolute atomic E-state index is 4.76. The van der Waals surface area contributed by atoms with E-state index < -0.39 is 0 Å². The van der Waals surface area contributed by atoms with Crippen molar-refractivity contribution in [1.29, 1.82) is 0 Å². The number of hydrogen-bond donors (Lipinski definition) is 0. The number of halogens is 4. The number of hydrogen-bond acceptors (Lipinski definition) is 0. The van der Waals surface area contributed by atoms with E-state index in [1.54, 1.807) is 0 Å². The zero-order valence-corrected chi connectivity index (χ0v) is 11.7. The van der Waals surface area contributed by atoms with Crippen LogP contribution in [0.1, 0.15) is 0 Å². The van der Waals surface area contributed by atoms with Gasteiger partial charge in [-0.15, -0.1) is 23.2 Å². The zero-order chi connectivity index (χ0) is 2.71. The van der Waals surface area contributed by atoms with Gasteiger partial charge >= 0.3 is 19.5 Å². The first-order valence-corrected chi connectivity index (χ1v) is 1.60. The summed E-state index contributed by atoms with van der Waals surface area (Å²) in [7, 11) is 0. The average Bonchev–Trinajstić information content (AvgIpc) is 0.918. The first kappa shape index (κ1) is 23.4. The van der Waals surface area contributed by atoms with E-state index in [1.165, 1.54) is 0 Å². The molecular weight excluding hydrogens is 402 g/mol. The third-order valence-electron chi connectivity index (χ3n) is 0. The van der Waals surface area contributed by atoms with Crippen molar-refractivity contribution in [1.82, 2.24) is 0 Å². The molecule has 0 heterocycles. The fourth-order valence-corrected chi connectivity index (χ4v) is 0. The van der Waals surface area contributed by atoms with Gasteiger partial charge < -0.3 is 48.0 Å². The summed E-state index contributed by atoms with van der Waals surface area (Å²) < 4.78 is 0. The fraction of sp³-hybridized carbons (Fsp3) is 1.00. The van der Waals surface area contributed by atoms with Gasteiger partial charge in [-0.05, 0) is 0 Å². The van der Waals surface area contributed by atoms with Crippen LogP contribution < -0.4 is 48.0 Å². The summed E-state index contributed by atoms with van der Waals surface area (Å²) in [5, 5.41) is 0.194. The van der Waals surface area contributed by atoms with Gasteiger partial charge in [-0.2, -0.15) is 0 Å². The van der Waals surface area contributed by atoms with Gasteiger partial charge in [0.15, 0.2) is 0 Å². The molecular formula is CH2Cl2I2Zn. The Kier molecular flexibility index (Phi) is 98.9. The van der Waals surface area contributed by atoms with Crippen molar-refractivity contribution in [3.05, 3.63) is 0 Å². The molecule has 0 aliphatic rings. The molecule has 6 heavy (non-hydrogen) atoms. The van der Waals surface area contributed by atoms with Gasteiger partial charge in [-0.3, -0.25) is 0 Å². The van der Waals surface area contributed by atoms with Crippen LogP contribution in [0.4, 0.5) is 0 Å². The van der Waals surface area contributed by atoms with E-state index in [9.17, 15) is 0 Å². The molecule has 0 saturated heterocycles. The summed E-state index contributed by atoms with van der Waals surface area (Å²) >= 11 is 9.53. The van der Waals surface area contributed by atoms with E-state index >= 15 is 0 Å². The molecule has 0 aliphatic carbocycles. The first-order valence-electron chi connectivity index (χ1n) is 0.535. The fourth-order valence-electron chi connectivity index (χ4n) is 0. The molecule has 0 aromatic carbocycles. The molecule has 0 unspecified atom stereocenters. The molecule has 0 radical (unpaired) electrons. The van der Waals surface area contributed by atoms with E-state index in [2.05, 4.69) is 0 Å². The maximum atomic E-state index is 4.76. The minimum Gasteiger partial charge on any atom is -1.00 e. The van der Waals surface area contributed by atoms with E-state index in [0.717, 1.165) is 0 Å². The van der Waals surface area contributed by atoms with Crippen LogP contribution in [0.25, 0.3) is 0 Å². The van der Waals surface area contributed by atoms with Crippen LogP contribution in [-0.2, 0) is 19.5 Å². The predicted molar refractivity (Wildman–Crippen MR) is 16.6 cm³/mol. The zero-order valence-electron chi connectivity index (χ0n) is 2.93. The summed E-state index contributed by atoms with van der Waals surface area (Å²) in [6.45, 7) is 0. The molecule has 0 rings (SSSR count). The molecule has 0 amide bonds. The molecule has 0 spiro atoms. The van der Waals surface area contributed by atoms with Crippen molar-refractivity contribution < 1.29 is 67.4 Å². The van der Waals surface area contributed by atoms with Crippen LogP contribution in [0.2, 0.25) is 0 Å². The SMILES string of the molecule is ClCCl.[I-].[I-].[Zn+2]. The smallest absolute Gasteiger partial charge is 1.00 e. The Bertz CT molecular complexity index is 11.5. The Balaban J connectivity index is -0.00000000667. The average molecular weight is 404 g/mol. The van der Waals surface area contributed by atoms with E-state index in [1.807, 2.05) is 0 Å². The summed E-state index contributed by atoms with van der Waals surface area (Å²) in [4.78, 5) is 0. The minimum atomic E-state index is 0. The molecule has 0 aliphatic heterocycles. The van der Waals surface area contributed by atoms with Gasteiger partial charge in [-0.1, -0.05) is 0 Å². The largest absolute Gasteiger partial charge is 2.00 e. The van der Waals surface area contributed by atoms with Crippen molar-refractivity contribution in [3.63, 3.8) is 0 Å². The molecule has 5 heteroatoms. The second-order valence-corrected chi connectivity index (χ2v) is 0.909. The van der Waals surface area contributed by atoms with Gasteiger partial charge in [0.2, 0.25) is 0 Å². The summed E-state index contributed by atoms with van der Waals surface area (Å²) in [6, 6.07) is 0.